The van der Waals surface area contributed by atoms with Crippen molar-refractivity contribution in [1.29, 1.82) is 0 Å². The van der Waals surface area contributed by atoms with Crippen LogP contribution in [-0.2, 0) is 7.05 Å². The lowest BCUT2D eigenvalue weighted by atomic mass is 10.1. The van der Waals surface area contributed by atoms with E-state index in [0.717, 1.165) is 16.8 Å². The highest BCUT2D eigenvalue weighted by Gasteiger charge is 2.20. The van der Waals surface area contributed by atoms with Gasteiger partial charge in [0.05, 0.1) is 24.0 Å². The predicted octanol–water partition coefficient (Wildman–Crippen LogP) is 2.33. The Hall–Kier alpha value is -2.56. The Kier molecular flexibility index (Phi) is 3.02. The molecule has 0 aliphatic carbocycles. The van der Waals surface area contributed by atoms with E-state index in [1.54, 1.807) is 6.20 Å². The summed E-state index contributed by atoms with van der Waals surface area (Å²) in [5.41, 5.74) is 2.43. The van der Waals surface area contributed by atoms with E-state index in [1.807, 2.05) is 48.9 Å². The highest BCUT2D eigenvalue weighted by atomic mass is 16.5. The van der Waals surface area contributed by atoms with Crippen LogP contribution in [0, 0.1) is 0 Å². The minimum absolute atomic E-state index is 0.233. The maximum atomic E-state index is 12.1. The average molecular weight is 269 g/mol. The molecule has 1 N–H and O–H groups in total. The highest BCUT2D eigenvalue weighted by Crippen LogP contribution is 2.37. The van der Waals surface area contributed by atoms with Crippen molar-refractivity contribution in [3.8, 4) is 17.0 Å². The first-order valence-electron chi connectivity index (χ1n) is 6.48. The van der Waals surface area contributed by atoms with E-state index in [4.69, 9.17) is 4.74 Å². The number of benzene rings is 1. The van der Waals surface area contributed by atoms with Gasteiger partial charge in [-0.15, -0.1) is 0 Å². The summed E-state index contributed by atoms with van der Waals surface area (Å²) in [4.78, 5) is 12.1. The van der Waals surface area contributed by atoms with Gasteiger partial charge in [0.1, 0.15) is 5.39 Å². The SMILES string of the molecule is CCOc1c(-c2ccccc2)n(C)c2cn[nH]c(=O)c12. The van der Waals surface area contributed by atoms with Gasteiger partial charge in [-0.1, -0.05) is 30.3 Å². The fraction of sp³-hybridized carbons (Fsp3) is 0.200. The zero-order valence-electron chi connectivity index (χ0n) is 11.4. The van der Waals surface area contributed by atoms with Crippen LogP contribution in [0.25, 0.3) is 22.2 Å². The number of ether oxygens (including phenoxy) is 1. The first-order valence-corrected chi connectivity index (χ1v) is 6.48. The first-order chi connectivity index (χ1) is 9.74. The summed E-state index contributed by atoms with van der Waals surface area (Å²) in [6, 6.07) is 9.88. The van der Waals surface area contributed by atoms with Gasteiger partial charge >= 0.3 is 0 Å². The normalized spacial score (nSPS) is 10.9. The van der Waals surface area contributed by atoms with Crippen molar-refractivity contribution in [1.82, 2.24) is 14.8 Å². The average Bonchev–Trinajstić information content (AvgIpc) is 2.75. The summed E-state index contributed by atoms with van der Waals surface area (Å²) < 4.78 is 7.68. The summed E-state index contributed by atoms with van der Waals surface area (Å²) >= 11 is 0. The minimum atomic E-state index is -0.233. The monoisotopic (exact) mass is 269 g/mol. The van der Waals surface area contributed by atoms with Crippen molar-refractivity contribution in [2.45, 2.75) is 6.92 Å². The molecular formula is C15H15N3O2. The number of H-pyrrole nitrogens is 1. The number of aryl methyl sites for hydroxylation is 1. The summed E-state index contributed by atoms with van der Waals surface area (Å²) in [6.07, 6.45) is 1.64. The van der Waals surface area contributed by atoms with Crippen molar-refractivity contribution in [3.63, 3.8) is 0 Å². The van der Waals surface area contributed by atoms with Gasteiger partial charge in [0.25, 0.3) is 5.56 Å². The van der Waals surface area contributed by atoms with Crippen LogP contribution < -0.4 is 10.3 Å². The molecule has 2 aromatic heterocycles. The van der Waals surface area contributed by atoms with Crippen molar-refractivity contribution < 1.29 is 4.74 Å². The Morgan fingerprint density at radius 2 is 2.05 bits per heavy atom. The molecule has 1 aromatic carbocycles. The lowest BCUT2D eigenvalue weighted by molar-refractivity contribution is 0.345. The van der Waals surface area contributed by atoms with Gasteiger partial charge in [-0.3, -0.25) is 4.79 Å². The Labute approximate surface area is 115 Å². The molecule has 102 valence electrons. The van der Waals surface area contributed by atoms with E-state index in [9.17, 15) is 4.79 Å². The number of nitrogens with zero attached hydrogens (tertiary/aromatic N) is 2. The van der Waals surface area contributed by atoms with Crippen molar-refractivity contribution in [2.75, 3.05) is 6.61 Å². The lowest BCUT2D eigenvalue weighted by Crippen LogP contribution is -2.08. The van der Waals surface area contributed by atoms with E-state index in [1.165, 1.54) is 0 Å². The molecule has 0 amide bonds. The quantitative estimate of drug-likeness (QED) is 0.793. The van der Waals surface area contributed by atoms with Crippen LogP contribution in [-0.4, -0.2) is 21.4 Å². The Balaban J connectivity index is 2.42. The maximum Gasteiger partial charge on any atom is 0.277 e. The van der Waals surface area contributed by atoms with E-state index < -0.39 is 0 Å². The standard InChI is InChI=1S/C15H15N3O2/c1-3-20-14-12-11(9-16-17-15(12)19)18(2)13(14)10-7-5-4-6-8-10/h4-9H,3H2,1-2H3,(H,17,19). The summed E-state index contributed by atoms with van der Waals surface area (Å²) in [7, 11) is 1.91. The van der Waals surface area contributed by atoms with E-state index in [0.29, 0.717) is 17.7 Å². The number of nitrogens with one attached hydrogen (secondary N) is 1. The number of aromatic amines is 1. The third-order valence-electron chi connectivity index (χ3n) is 3.31. The highest BCUT2D eigenvalue weighted by molar-refractivity contribution is 5.94. The Bertz CT molecular complexity index is 803. The molecule has 0 atom stereocenters. The van der Waals surface area contributed by atoms with Gasteiger partial charge in [0.2, 0.25) is 0 Å². The number of hydrogen-bond acceptors (Lipinski definition) is 3. The molecule has 0 aliphatic rings. The van der Waals surface area contributed by atoms with Gasteiger partial charge in [-0.2, -0.15) is 5.10 Å². The molecule has 0 aliphatic heterocycles. The van der Waals surface area contributed by atoms with Crippen LogP contribution in [0.15, 0.2) is 41.3 Å². The molecular weight excluding hydrogens is 254 g/mol. The van der Waals surface area contributed by atoms with Crippen LogP contribution >= 0.6 is 0 Å². The summed E-state index contributed by atoms with van der Waals surface area (Å²) in [5.74, 6) is 0.611. The molecule has 3 rings (SSSR count). The largest absolute Gasteiger partial charge is 0.491 e. The number of fused-ring (bicyclic) bond motifs is 1. The molecule has 5 heteroatoms. The number of rotatable bonds is 3. The van der Waals surface area contributed by atoms with E-state index in [2.05, 4.69) is 10.2 Å². The van der Waals surface area contributed by atoms with Crippen LogP contribution in [0.1, 0.15) is 6.92 Å². The fourth-order valence-electron chi connectivity index (χ4n) is 2.46. The van der Waals surface area contributed by atoms with Crippen LogP contribution in [0.5, 0.6) is 5.75 Å². The van der Waals surface area contributed by atoms with Gasteiger partial charge in [-0.05, 0) is 6.92 Å². The predicted molar refractivity (Wildman–Crippen MR) is 77.9 cm³/mol. The molecule has 0 spiro atoms. The number of aromatic nitrogens is 3. The van der Waals surface area contributed by atoms with Crippen LogP contribution in [0.4, 0.5) is 0 Å². The molecule has 0 fully saturated rings. The molecule has 20 heavy (non-hydrogen) atoms. The van der Waals surface area contributed by atoms with Crippen LogP contribution in [0.2, 0.25) is 0 Å². The molecule has 2 heterocycles. The smallest absolute Gasteiger partial charge is 0.277 e. The summed E-state index contributed by atoms with van der Waals surface area (Å²) in [5, 5.41) is 6.88. The van der Waals surface area contributed by atoms with Crippen LogP contribution in [0.3, 0.4) is 0 Å². The molecule has 0 radical (unpaired) electrons. The Morgan fingerprint density at radius 3 is 2.75 bits per heavy atom. The molecule has 0 saturated carbocycles. The fourth-order valence-corrected chi connectivity index (χ4v) is 2.46. The second-order valence-electron chi connectivity index (χ2n) is 4.50. The van der Waals surface area contributed by atoms with Crippen molar-refractivity contribution in [2.24, 2.45) is 7.05 Å². The zero-order valence-corrected chi connectivity index (χ0v) is 11.4. The van der Waals surface area contributed by atoms with Gasteiger partial charge in [0, 0.05) is 12.6 Å². The van der Waals surface area contributed by atoms with Gasteiger partial charge < -0.3 is 9.30 Å². The Morgan fingerprint density at radius 1 is 1.30 bits per heavy atom. The van der Waals surface area contributed by atoms with Gasteiger partial charge in [0.15, 0.2) is 5.75 Å². The molecule has 0 unspecified atom stereocenters. The third kappa shape index (κ3) is 1.79. The topological polar surface area (TPSA) is 59.9 Å². The second kappa shape index (κ2) is 4.85. The number of hydrogen-bond donors (Lipinski definition) is 1. The molecule has 0 bridgehead atoms. The van der Waals surface area contributed by atoms with E-state index in [-0.39, 0.29) is 5.56 Å². The van der Waals surface area contributed by atoms with Crippen molar-refractivity contribution in [3.05, 3.63) is 46.9 Å². The third-order valence-corrected chi connectivity index (χ3v) is 3.31. The summed E-state index contributed by atoms with van der Waals surface area (Å²) in [6.45, 7) is 2.41. The molecule has 0 saturated heterocycles. The van der Waals surface area contributed by atoms with Crippen molar-refractivity contribution >= 4 is 10.9 Å². The minimum Gasteiger partial charge on any atom is -0.491 e. The van der Waals surface area contributed by atoms with E-state index >= 15 is 0 Å². The maximum absolute atomic E-state index is 12.1. The molecule has 5 nitrogen and oxygen atoms in total. The first kappa shape index (κ1) is 12.5. The lowest BCUT2D eigenvalue weighted by Gasteiger charge is -2.08. The van der Waals surface area contributed by atoms with Gasteiger partial charge in [-0.25, -0.2) is 5.10 Å². The molecule has 3 aromatic rings. The second-order valence-corrected chi connectivity index (χ2v) is 4.50. The zero-order chi connectivity index (χ0) is 14.1.